The number of ether oxygens (including phenoxy) is 2. The van der Waals surface area contributed by atoms with E-state index in [9.17, 15) is 9.59 Å². The van der Waals surface area contributed by atoms with Crippen LogP contribution in [-0.2, 0) is 4.74 Å². The Balaban J connectivity index is 3.40. The average molecular weight is 210 g/mol. The fourth-order valence-electron chi connectivity index (χ4n) is 1.19. The van der Waals surface area contributed by atoms with Crippen LogP contribution in [-0.4, -0.2) is 31.3 Å². The molecule has 1 aromatic carbocycles. The highest BCUT2D eigenvalue weighted by Gasteiger charge is 2.21. The quantitative estimate of drug-likeness (QED) is 0.758. The van der Waals surface area contributed by atoms with E-state index in [1.54, 1.807) is 0 Å². The largest absolute Gasteiger partial charge is 0.496 e. The second-order valence-electron chi connectivity index (χ2n) is 2.68. The minimum Gasteiger partial charge on any atom is -0.496 e. The maximum atomic E-state index is 11.4. The molecule has 15 heavy (non-hydrogen) atoms. The fourth-order valence-corrected chi connectivity index (χ4v) is 1.19. The van der Waals surface area contributed by atoms with Crippen molar-refractivity contribution in [1.82, 2.24) is 0 Å². The Labute approximate surface area is 86.2 Å². The number of carbonyl (C=O) groups is 2. The number of hydrogen-bond donors (Lipinski definition) is 1. The predicted octanol–water partition coefficient (Wildman–Crippen LogP) is 1.18. The first-order valence-corrected chi connectivity index (χ1v) is 4.10. The highest BCUT2D eigenvalue weighted by atomic mass is 16.5. The molecular formula is C10H10O5. The molecule has 0 atom stereocenters. The van der Waals surface area contributed by atoms with Crippen molar-refractivity contribution in [2.24, 2.45) is 0 Å². The number of methoxy groups -OCH3 is 2. The molecule has 0 fully saturated rings. The topological polar surface area (TPSA) is 72.8 Å². The Morgan fingerprint density at radius 1 is 1.27 bits per heavy atom. The van der Waals surface area contributed by atoms with Crippen molar-refractivity contribution in [2.75, 3.05) is 14.2 Å². The number of carbonyl (C=O) groups excluding carboxylic acids is 1. The van der Waals surface area contributed by atoms with Crippen LogP contribution in [0.5, 0.6) is 5.75 Å². The van der Waals surface area contributed by atoms with E-state index in [0.717, 1.165) is 0 Å². The average Bonchev–Trinajstić information content (AvgIpc) is 2.26. The minimum absolute atomic E-state index is 0.0741. The Morgan fingerprint density at radius 3 is 2.40 bits per heavy atom. The third-order valence-corrected chi connectivity index (χ3v) is 1.87. The van der Waals surface area contributed by atoms with Gasteiger partial charge in [0, 0.05) is 0 Å². The van der Waals surface area contributed by atoms with Crippen LogP contribution in [0.2, 0.25) is 0 Å². The van der Waals surface area contributed by atoms with E-state index >= 15 is 0 Å². The van der Waals surface area contributed by atoms with E-state index in [0.29, 0.717) is 0 Å². The van der Waals surface area contributed by atoms with Gasteiger partial charge in [-0.25, -0.2) is 9.59 Å². The molecule has 0 aliphatic rings. The number of aromatic carboxylic acids is 1. The Bertz CT molecular complexity index is 397. The molecule has 1 N–H and O–H groups in total. The van der Waals surface area contributed by atoms with Gasteiger partial charge in [0.1, 0.15) is 11.3 Å². The van der Waals surface area contributed by atoms with E-state index in [4.69, 9.17) is 9.84 Å². The first-order chi connectivity index (χ1) is 7.11. The third-order valence-electron chi connectivity index (χ3n) is 1.87. The lowest BCUT2D eigenvalue weighted by Crippen LogP contribution is -2.11. The van der Waals surface area contributed by atoms with E-state index in [1.165, 1.54) is 32.4 Å². The molecule has 0 aliphatic heterocycles. The van der Waals surface area contributed by atoms with Gasteiger partial charge in [0.05, 0.1) is 19.8 Å². The van der Waals surface area contributed by atoms with Crippen LogP contribution in [0, 0.1) is 0 Å². The molecule has 0 saturated carbocycles. The second kappa shape index (κ2) is 4.45. The summed E-state index contributed by atoms with van der Waals surface area (Å²) in [4.78, 5) is 22.2. The van der Waals surface area contributed by atoms with Crippen molar-refractivity contribution in [2.45, 2.75) is 0 Å². The summed E-state index contributed by atoms with van der Waals surface area (Å²) in [6.07, 6.45) is 0. The molecule has 5 nitrogen and oxygen atoms in total. The summed E-state index contributed by atoms with van der Waals surface area (Å²) >= 11 is 0. The van der Waals surface area contributed by atoms with Crippen molar-refractivity contribution >= 4 is 11.9 Å². The molecule has 0 heterocycles. The van der Waals surface area contributed by atoms with Gasteiger partial charge in [0.2, 0.25) is 0 Å². The van der Waals surface area contributed by atoms with Crippen LogP contribution in [0.15, 0.2) is 18.2 Å². The molecule has 0 aromatic heterocycles. The van der Waals surface area contributed by atoms with Gasteiger partial charge in [0.25, 0.3) is 0 Å². The molecule has 0 bridgehead atoms. The maximum absolute atomic E-state index is 11.4. The molecule has 0 radical (unpaired) electrons. The van der Waals surface area contributed by atoms with Gasteiger partial charge in [-0.1, -0.05) is 6.07 Å². The van der Waals surface area contributed by atoms with Gasteiger partial charge in [0.15, 0.2) is 0 Å². The molecular weight excluding hydrogens is 200 g/mol. The maximum Gasteiger partial charge on any atom is 0.342 e. The molecule has 0 amide bonds. The Kier molecular flexibility index (Phi) is 3.28. The van der Waals surface area contributed by atoms with Gasteiger partial charge in [-0.3, -0.25) is 0 Å². The number of carboxylic acid groups (broad SMARTS) is 1. The first-order valence-electron chi connectivity index (χ1n) is 4.10. The number of benzene rings is 1. The van der Waals surface area contributed by atoms with Gasteiger partial charge in [-0.2, -0.15) is 0 Å². The zero-order chi connectivity index (χ0) is 11.4. The molecule has 80 valence electrons. The van der Waals surface area contributed by atoms with Crippen LogP contribution in [0.25, 0.3) is 0 Å². The van der Waals surface area contributed by atoms with Crippen molar-refractivity contribution in [1.29, 1.82) is 0 Å². The van der Waals surface area contributed by atoms with Gasteiger partial charge >= 0.3 is 11.9 Å². The highest BCUT2D eigenvalue weighted by Crippen LogP contribution is 2.23. The third kappa shape index (κ3) is 2.07. The summed E-state index contributed by atoms with van der Waals surface area (Å²) in [7, 11) is 2.54. The van der Waals surface area contributed by atoms with Crippen molar-refractivity contribution in [3.05, 3.63) is 29.3 Å². The second-order valence-corrected chi connectivity index (χ2v) is 2.68. The SMILES string of the molecule is COC(=O)c1c(OC)cccc1C(=O)O. The predicted molar refractivity (Wildman–Crippen MR) is 51.3 cm³/mol. The van der Waals surface area contributed by atoms with Gasteiger partial charge < -0.3 is 14.6 Å². The lowest BCUT2D eigenvalue weighted by atomic mass is 10.1. The monoisotopic (exact) mass is 210 g/mol. The van der Waals surface area contributed by atoms with Crippen molar-refractivity contribution < 1.29 is 24.2 Å². The molecule has 0 unspecified atom stereocenters. The fraction of sp³-hybridized carbons (Fsp3) is 0.200. The van der Waals surface area contributed by atoms with Gasteiger partial charge in [-0.05, 0) is 12.1 Å². The standard InChI is InChI=1S/C10H10O5/c1-14-7-5-3-4-6(9(11)12)8(7)10(13)15-2/h3-5H,1-2H3,(H,11,12). The molecule has 0 aliphatic carbocycles. The smallest absolute Gasteiger partial charge is 0.342 e. The minimum atomic E-state index is -1.20. The van der Waals surface area contributed by atoms with E-state index < -0.39 is 11.9 Å². The number of hydrogen-bond acceptors (Lipinski definition) is 4. The molecule has 1 rings (SSSR count). The van der Waals surface area contributed by atoms with E-state index in [1.807, 2.05) is 0 Å². The van der Waals surface area contributed by atoms with Crippen molar-refractivity contribution in [3.8, 4) is 5.75 Å². The highest BCUT2D eigenvalue weighted by molar-refractivity contribution is 6.04. The summed E-state index contributed by atoms with van der Waals surface area (Å²) in [6, 6.07) is 4.31. The molecule has 0 spiro atoms. The summed E-state index contributed by atoms with van der Waals surface area (Å²) in [5.41, 5.74) is -0.212. The van der Waals surface area contributed by atoms with Crippen LogP contribution >= 0.6 is 0 Å². The number of carboxylic acids is 1. The Hall–Kier alpha value is -2.04. The van der Waals surface area contributed by atoms with Crippen LogP contribution < -0.4 is 4.74 Å². The van der Waals surface area contributed by atoms with E-state index in [2.05, 4.69) is 4.74 Å². The molecule has 0 saturated heterocycles. The van der Waals surface area contributed by atoms with Crippen LogP contribution in [0.1, 0.15) is 20.7 Å². The zero-order valence-electron chi connectivity index (χ0n) is 8.31. The van der Waals surface area contributed by atoms with Crippen LogP contribution in [0.3, 0.4) is 0 Å². The number of esters is 1. The Morgan fingerprint density at radius 2 is 1.93 bits per heavy atom. The van der Waals surface area contributed by atoms with Crippen molar-refractivity contribution in [3.63, 3.8) is 0 Å². The van der Waals surface area contributed by atoms with Crippen LogP contribution in [0.4, 0.5) is 0 Å². The first kappa shape index (κ1) is 11.0. The van der Waals surface area contributed by atoms with E-state index in [-0.39, 0.29) is 16.9 Å². The van der Waals surface area contributed by atoms with Gasteiger partial charge in [-0.15, -0.1) is 0 Å². The normalized spacial score (nSPS) is 9.47. The summed E-state index contributed by atoms with van der Waals surface area (Å²) in [5, 5.41) is 8.87. The lowest BCUT2D eigenvalue weighted by molar-refractivity contribution is 0.0578. The summed E-state index contributed by atoms with van der Waals surface area (Å²) in [6.45, 7) is 0. The summed E-state index contributed by atoms with van der Waals surface area (Å²) in [5.74, 6) is -1.75. The zero-order valence-corrected chi connectivity index (χ0v) is 8.31. The lowest BCUT2D eigenvalue weighted by Gasteiger charge is -2.08. The summed E-state index contributed by atoms with van der Waals surface area (Å²) < 4.78 is 9.38. The molecule has 1 aromatic rings. The molecule has 5 heteroatoms. The number of rotatable bonds is 3.